The number of hydrogen-bond donors (Lipinski definition) is 2. The summed E-state index contributed by atoms with van der Waals surface area (Å²) in [7, 11) is 4.42. The summed E-state index contributed by atoms with van der Waals surface area (Å²) in [5, 5.41) is 7.16. The fourth-order valence-corrected chi connectivity index (χ4v) is 2.47. The van der Waals surface area contributed by atoms with Gasteiger partial charge in [-0.3, -0.25) is 5.41 Å². The summed E-state index contributed by atoms with van der Waals surface area (Å²) in [5.41, 5.74) is 5.34. The predicted molar refractivity (Wildman–Crippen MR) is 73.5 cm³/mol. The second kappa shape index (κ2) is 7.67. The Bertz CT molecular complexity index is 221. The van der Waals surface area contributed by atoms with Gasteiger partial charge in [0.1, 0.15) is 0 Å². The monoisotopic (exact) mass is 240 g/mol. The Labute approximate surface area is 106 Å². The first kappa shape index (κ1) is 14.5. The molecule has 0 spiro atoms. The smallest absolute Gasteiger partial charge is 0.0905 e. The Morgan fingerprint density at radius 1 is 1.35 bits per heavy atom. The van der Waals surface area contributed by atoms with Crippen molar-refractivity contribution in [1.82, 2.24) is 9.80 Å². The van der Waals surface area contributed by atoms with Gasteiger partial charge in [0.2, 0.25) is 0 Å². The summed E-state index contributed by atoms with van der Waals surface area (Å²) >= 11 is 0. The van der Waals surface area contributed by atoms with Gasteiger partial charge < -0.3 is 15.5 Å². The van der Waals surface area contributed by atoms with E-state index in [9.17, 15) is 0 Å². The van der Waals surface area contributed by atoms with E-state index in [1.54, 1.807) is 0 Å². The van der Waals surface area contributed by atoms with Crippen LogP contribution in [0, 0.1) is 11.3 Å². The molecule has 1 rings (SSSR count). The van der Waals surface area contributed by atoms with Crippen molar-refractivity contribution in [2.45, 2.75) is 32.1 Å². The van der Waals surface area contributed by atoms with Gasteiger partial charge in [0.15, 0.2) is 0 Å². The highest BCUT2D eigenvalue weighted by molar-refractivity contribution is 5.76. The maximum Gasteiger partial charge on any atom is 0.0905 e. The zero-order valence-corrected chi connectivity index (χ0v) is 11.4. The molecule has 0 aliphatic carbocycles. The number of nitrogens with zero attached hydrogens (tertiary/aromatic N) is 2. The molecule has 3 N–H and O–H groups in total. The highest BCUT2D eigenvalue weighted by atomic mass is 15.1. The topological polar surface area (TPSA) is 56.4 Å². The molecule has 17 heavy (non-hydrogen) atoms. The third kappa shape index (κ3) is 6.64. The molecule has 0 bridgehead atoms. The second-order valence-electron chi connectivity index (χ2n) is 5.49. The van der Waals surface area contributed by atoms with Crippen molar-refractivity contribution in [3.63, 3.8) is 0 Å². The average Bonchev–Trinajstić information content (AvgIpc) is 2.27. The summed E-state index contributed by atoms with van der Waals surface area (Å²) in [6, 6.07) is 0. The zero-order valence-electron chi connectivity index (χ0n) is 11.4. The molecule has 4 heteroatoms. The molecule has 1 fully saturated rings. The minimum Gasteiger partial charge on any atom is -0.388 e. The van der Waals surface area contributed by atoms with Crippen LogP contribution in [0.3, 0.4) is 0 Å². The second-order valence-corrected chi connectivity index (χ2v) is 5.49. The maximum absolute atomic E-state index is 7.16. The van der Waals surface area contributed by atoms with Gasteiger partial charge in [-0.05, 0) is 65.3 Å². The van der Waals surface area contributed by atoms with E-state index < -0.39 is 0 Å². The minimum atomic E-state index is 0.322. The van der Waals surface area contributed by atoms with Crippen LogP contribution in [0.4, 0.5) is 0 Å². The summed E-state index contributed by atoms with van der Waals surface area (Å²) in [6.07, 6.45) is 5.64. The van der Waals surface area contributed by atoms with Crippen LogP contribution in [0.5, 0.6) is 0 Å². The van der Waals surface area contributed by atoms with E-state index >= 15 is 0 Å². The number of rotatable bonds is 7. The van der Waals surface area contributed by atoms with E-state index in [2.05, 4.69) is 23.9 Å². The van der Waals surface area contributed by atoms with E-state index in [-0.39, 0.29) is 0 Å². The normalized spacial score (nSPS) is 18.8. The molecule has 0 radical (unpaired) electrons. The first-order valence-corrected chi connectivity index (χ1v) is 6.78. The van der Waals surface area contributed by atoms with E-state index in [4.69, 9.17) is 11.1 Å². The van der Waals surface area contributed by atoms with Crippen molar-refractivity contribution in [1.29, 1.82) is 5.41 Å². The van der Waals surface area contributed by atoms with Gasteiger partial charge in [-0.2, -0.15) is 0 Å². The van der Waals surface area contributed by atoms with Crippen LogP contribution in [0.1, 0.15) is 32.1 Å². The van der Waals surface area contributed by atoms with Crippen LogP contribution in [-0.2, 0) is 0 Å². The largest absolute Gasteiger partial charge is 0.388 e. The van der Waals surface area contributed by atoms with Crippen LogP contribution in [0.15, 0.2) is 0 Å². The molecule has 1 aliphatic rings. The lowest BCUT2D eigenvalue weighted by Crippen LogP contribution is -2.36. The van der Waals surface area contributed by atoms with Crippen LogP contribution in [0.25, 0.3) is 0 Å². The fraction of sp³-hybridized carbons (Fsp3) is 0.923. The van der Waals surface area contributed by atoms with E-state index in [1.165, 1.54) is 32.5 Å². The van der Waals surface area contributed by atoms with Crippen LogP contribution in [0.2, 0.25) is 0 Å². The summed E-state index contributed by atoms with van der Waals surface area (Å²) in [6.45, 7) is 4.87. The van der Waals surface area contributed by atoms with Gasteiger partial charge >= 0.3 is 0 Å². The van der Waals surface area contributed by atoms with E-state index in [1.807, 2.05) is 0 Å². The third-order valence-corrected chi connectivity index (χ3v) is 3.64. The Hall–Kier alpha value is -0.610. The highest BCUT2D eigenvalue weighted by Gasteiger charge is 2.17. The fourth-order valence-electron chi connectivity index (χ4n) is 2.47. The number of hydrogen-bond acceptors (Lipinski definition) is 3. The lowest BCUT2D eigenvalue weighted by molar-refractivity contribution is 0.175. The SMILES string of the molecule is CN1CCC(CN(C)CCCCC(=N)N)CC1. The standard InChI is InChI=1S/C13H28N4/c1-16-9-6-12(7-10-16)11-17(2)8-4-3-5-13(14)15/h12H,3-11H2,1-2H3,(H3,14,15). The lowest BCUT2D eigenvalue weighted by Gasteiger charge is -2.31. The van der Waals surface area contributed by atoms with Crippen molar-refractivity contribution in [3.8, 4) is 0 Å². The molecule has 0 unspecified atom stereocenters. The van der Waals surface area contributed by atoms with Gasteiger partial charge in [0, 0.05) is 13.0 Å². The Balaban J connectivity index is 2.04. The number of nitrogens with one attached hydrogen (secondary N) is 1. The maximum atomic E-state index is 7.16. The number of likely N-dealkylation sites (tertiary alicyclic amines) is 1. The number of nitrogens with two attached hydrogens (primary N) is 1. The lowest BCUT2D eigenvalue weighted by atomic mass is 9.96. The molecule has 0 atom stereocenters. The summed E-state index contributed by atoms with van der Waals surface area (Å²) in [5.74, 6) is 1.20. The Morgan fingerprint density at radius 2 is 2.00 bits per heavy atom. The summed E-state index contributed by atoms with van der Waals surface area (Å²) in [4.78, 5) is 4.86. The van der Waals surface area contributed by atoms with Gasteiger partial charge in [0.05, 0.1) is 5.84 Å². The van der Waals surface area contributed by atoms with Crippen LogP contribution in [-0.4, -0.2) is 55.9 Å². The van der Waals surface area contributed by atoms with Crippen molar-refractivity contribution >= 4 is 5.84 Å². The van der Waals surface area contributed by atoms with Crippen molar-refractivity contribution < 1.29 is 0 Å². The number of amidine groups is 1. The molecule has 100 valence electrons. The first-order valence-electron chi connectivity index (χ1n) is 6.78. The van der Waals surface area contributed by atoms with Gasteiger partial charge in [0.25, 0.3) is 0 Å². The van der Waals surface area contributed by atoms with Crippen LogP contribution >= 0.6 is 0 Å². The molecule has 0 saturated carbocycles. The number of unbranched alkanes of at least 4 members (excludes halogenated alkanes) is 1. The molecule has 0 aromatic rings. The molecule has 4 nitrogen and oxygen atoms in total. The van der Waals surface area contributed by atoms with Crippen LogP contribution < -0.4 is 5.73 Å². The molecule has 0 aromatic heterocycles. The Morgan fingerprint density at radius 3 is 2.59 bits per heavy atom. The predicted octanol–water partition coefficient (Wildman–Crippen LogP) is 1.37. The first-order chi connectivity index (χ1) is 8.08. The molecule has 0 aromatic carbocycles. The highest BCUT2D eigenvalue weighted by Crippen LogP contribution is 2.16. The molecule has 1 heterocycles. The van der Waals surface area contributed by atoms with E-state index in [0.29, 0.717) is 5.84 Å². The van der Waals surface area contributed by atoms with Gasteiger partial charge in [-0.1, -0.05) is 0 Å². The Kier molecular flexibility index (Phi) is 6.52. The van der Waals surface area contributed by atoms with Crippen molar-refractivity contribution in [2.75, 3.05) is 40.3 Å². The zero-order chi connectivity index (χ0) is 12.7. The average molecular weight is 240 g/mol. The van der Waals surface area contributed by atoms with Gasteiger partial charge in [-0.15, -0.1) is 0 Å². The molecule has 0 amide bonds. The quantitative estimate of drug-likeness (QED) is 0.401. The molecule has 1 saturated heterocycles. The summed E-state index contributed by atoms with van der Waals surface area (Å²) < 4.78 is 0. The third-order valence-electron chi connectivity index (χ3n) is 3.64. The minimum absolute atomic E-state index is 0.322. The number of piperidine rings is 1. The van der Waals surface area contributed by atoms with Gasteiger partial charge in [-0.25, -0.2) is 0 Å². The van der Waals surface area contributed by atoms with Crippen molar-refractivity contribution in [3.05, 3.63) is 0 Å². The van der Waals surface area contributed by atoms with Crippen molar-refractivity contribution in [2.24, 2.45) is 11.7 Å². The molecular weight excluding hydrogens is 212 g/mol. The van der Waals surface area contributed by atoms with E-state index in [0.717, 1.165) is 31.7 Å². The molecule has 1 aliphatic heterocycles. The molecular formula is C13H28N4.